The number of halogens is 1. The monoisotopic (exact) mass is 377 g/mol. The zero-order valence-corrected chi connectivity index (χ0v) is 15.0. The molecule has 0 aliphatic heterocycles. The molecule has 25 heavy (non-hydrogen) atoms. The van der Waals surface area contributed by atoms with Gasteiger partial charge in [0, 0.05) is 10.4 Å². The van der Waals surface area contributed by atoms with E-state index in [1.807, 2.05) is 17.5 Å². The molecule has 3 N–H and O–H groups in total. The van der Waals surface area contributed by atoms with E-state index < -0.39 is 5.25 Å². The number of thioether (sulfide) groups is 1. The van der Waals surface area contributed by atoms with Gasteiger partial charge in [-0.25, -0.2) is 9.07 Å². The minimum atomic E-state index is -0.396. The smallest absolute Gasteiger partial charge is 0.233 e. The normalized spacial score (nSPS) is 12.1. The van der Waals surface area contributed by atoms with E-state index in [-0.39, 0.29) is 11.7 Å². The number of thiophene rings is 1. The van der Waals surface area contributed by atoms with Crippen molar-refractivity contribution in [3.63, 3.8) is 0 Å². The van der Waals surface area contributed by atoms with Crippen LogP contribution in [-0.2, 0) is 11.3 Å². The Morgan fingerprint density at radius 2 is 2.24 bits per heavy atom. The Morgan fingerprint density at radius 1 is 1.40 bits per heavy atom. The summed E-state index contributed by atoms with van der Waals surface area (Å²) in [6.07, 6.45) is 0. The van der Waals surface area contributed by atoms with E-state index >= 15 is 0 Å². The summed E-state index contributed by atoms with van der Waals surface area (Å²) in [5, 5.41) is 12.8. The summed E-state index contributed by atoms with van der Waals surface area (Å²) < 4.78 is 14.6. The largest absolute Gasteiger partial charge is 0.350 e. The Kier molecular flexibility index (Phi) is 5.34. The van der Waals surface area contributed by atoms with Gasteiger partial charge in [-0.05, 0) is 30.5 Å². The van der Waals surface area contributed by atoms with Crippen LogP contribution < -0.4 is 11.2 Å². The molecule has 0 unspecified atom stereocenters. The van der Waals surface area contributed by atoms with Crippen LogP contribution in [0.1, 0.15) is 11.8 Å². The molecule has 0 bridgehead atoms. The lowest BCUT2D eigenvalue weighted by Crippen LogP contribution is -2.30. The standard InChI is InChI=1S/C16H16FN5OS2/c1-10(15(23)19-9-13-6-3-7-24-13)25-16-21-20-14(22(16)18)11-4-2-5-12(17)8-11/h2-8,10H,9,18H2,1H3,(H,19,23)/t10-/m0/s1. The highest BCUT2D eigenvalue weighted by Crippen LogP contribution is 2.25. The summed E-state index contributed by atoms with van der Waals surface area (Å²) >= 11 is 2.78. The fourth-order valence-corrected chi connectivity index (χ4v) is 3.56. The first-order valence-electron chi connectivity index (χ1n) is 7.48. The van der Waals surface area contributed by atoms with Gasteiger partial charge in [0.2, 0.25) is 11.1 Å². The quantitative estimate of drug-likeness (QED) is 0.509. The van der Waals surface area contributed by atoms with Crippen LogP contribution in [0.3, 0.4) is 0 Å². The fraction of sp³-hybridized carbons (Fsp3) is 0.188. The molecular weight excluding hydrogens is 361 g/mol. The summed E-state index contributed by atoms with van der Waals surface area (Å²) in [6, 6.07) is 9.85. The molecule has 2 heterocycles. The number of carbonyl (C=O) groups excluding carboxylic acids is 1. The maximum Gasteiger partial charge on any atom is 0.233 e. The molecule has 1 atom stereocenters. The molecule has 3 rings (SSSR count). The van der Waals surface area contributed by atoms with E-state index in [1.54, 1.807) is 30.4 Å². The zero-order valence-electron chi connectivity index (χ0n) is 13.3. The lowest BCUT2D eigenvalue weighted by molar-refractivity contribution is -0.120. The second-order valence-electron chi connectivity index (χ2n) is 5.24. The first-order valence-corrected chi connectivity index (χ1v) is 9.23. The van der Waals surface area contributed by atoms with E-state index in [0.717, 1.165) is 4.88 Å². The molecule has 0 aliphatic rings. The molecule has 0 aliphatic carbocycles. The molecule has 0 radical (unpaired) electrons. The number of benzene rings is 1. The number of carbonyl (C=O) groups is 1. The number of nitrogens with one attached hydrogen (secondary N) is 1. The number of rotatable bonds is 6. The molecule has 3 aromatic rings. The maximum absolute atomic E-state index is 13.4. The lowest BCUT2D eigenvalue weighted by Gasteiger charge is -2.11. The molecule has 0 saturated heterocycles. The van der Waals surface area contributed by atoms with Crippen molar-refractivity contribution in [1.29, 1.82) is 0 Å². The highest BCUT2D eigenvalue weighted by molar-refractivity contribution is 8.00. The summed E-state index contributed by atoms with van der Waals surface area (Å²) in [6.45, 7) is 2.26. The second-order valence-corrected chi connectivity index (χ2v) is 7.58. The lowest BCUT2D eigenvalue weighted by atomic mass is 10.2. The van der Waals surface area contributed by atoms with Crippen molar-refractivity contribution < 1.29 is 9.18 Å². The number of hydrogen-bond donors (Lipinski definition) is 2. The van der Waals surface area contributed by atoms with Crippen molar-refractivity contribution in [2.45, 2.75) is 23.9 Å². The zero-order chi connectivity index (χ0) is 17.8. The average molecular weight is 377 g/mol. The molecule has 2 aromatic heterocycles. The van der Waals surface area contributed by atoms with Crippen LogP contribution in [0.5, 0.6) is 0 Å². The number of nitrogen functional groups attached to an aromatic ring is 1. The number of nitrogens with zero attached hydrogens (tertiary/aromatic N) is 3. The summed E-state index contributed by atoms with van der Waals surface area (Å²) in [4.78, 5) is 13.3. The Hall–Kier alpha value is -2.39. The highest BCUT2D eigenvalue weighted by Gasteiger charge is 2.20. The number of aromatic nitrogens is 3. The maximum atomic E-state index is 13.4. The van der Waals surface area contributed by atoms with Gasteiger partial charge in [-0.2, -0.15) is 0 Å². The molecule has 1 amide bonds. The molecule has 0 saturated carbocycles. The van der Waals surface area contributed by atoms with Crippen molar-refractivity contribution in [3.8, 4) is 11.4 Å². The molecule has 6 nitrogen and oxygen atoms in total. The van der Waals surface area contributed by atoms with Crippen LogP contribution in [0.15, 0.2) is 46.9 Å². The van der Waals surface area contributed by atoms with Crippen LogP contribution in [0, 0.1) is 5.82 Å². The van der Waals surface area contributed by atoms with Crippen molar-refractivity contribution >= 4 is 29.0 Å². The van der Waals surface area contributed by atoms with Crippen LogP contribution >= 0.6 is 23.1 Å². The van der Waals surface area contributed by atoms with E-state index in [2.05, 4.69) is 15.5 Å². The number of nitrogens with two attached hydrogens (primary N) is 1. The molecule has 9 heteroatoms. The Balaban J connectivity index is 1.65. The first-order chi connectivity index (χ1) is 12.0. The third kappa shape index (κ3) is 4.18. The van der Waals surface area contributed by atoms with Crippen molar-refractivity contribution in [1.82, 2.24) is 20.2 Å². The van der Waals surface area contributed by atoms with Crippen molar-refractivity contribution in [3.05, 3.63) is 52.5 Å². The Labute approximate surface area is 152 Å². The van der Waals surface area contributed by atoms with E-state index in [9.17, 15) is 9.18 Å². The van der Waals surface area contributed by atoms with Gasteiger partial charge in [0.1, 0.15) is 5.82 Å². The average Bonchev–Trinajstić information content (AvgIpc) is 3.23. The van der Waals surface area contributed by atoms with Crippen LogP contribution in [0.4, 0.5) is 4.39 Å². The molecule has 1 aromatic carbocycles. The van der Waals surface area contributed by atoms with Gasteiger partial charge in [-0.15, -0.1) is 21.5 Å². The molecule has 0 fully saturated rings. The van der Waals surface area contributed by atoms with Gasteiger partial charge >= 0.3 is 0 Å². The van der Waals surface area contributed by atoms with Gasteiger partial charge in [0.15, 0.2) is 5.82 Å². The van der Waals surface area contributed by atoms with Crippen molar-refractivity contribution in [2.75, 3.05) is 5.84 Å². The minimum absolute atomic E-state index is 0.117. The van der Waals surface area contributed by atoms with Gasteiger partial charge in [-0.1, -0.05) is 30.0 Å². The molecule has 130 valence electrons. The predicted molar refractivity (Wildman–Crippen MR) is 97.1 cm³/mol. The SMILES string of the molecule is C[C@H](Sc1nnc(-c2cccc(F)c2)n1N)C(=O)NCc1cccs1. The van der Waals surface area contributed by atoms with E-state index in [4.69, 9.17) is 5.84 Å². The van der Waals surface area contributed by atoms with Crippen LogP contribution in [0.25, 0.3) is 11.4 Å². The van der Waals surface area contributed by atoms with E-state index in [0.29, 0.717) is 23.1 Å². The van der Waals surface area contributed by atoms with Gasteiger partial charge in [-0.3, -0.25) is 4.79 Å². The third-order valence-corrected chi connectivity index (χ3v) is 5.35. The summed E-state index contributed by atoms with van der Waals surface area (Å²) in [7, 11) is 0. The summed E-state index contributed by atoms with van der Waals surface area (Å²) in [5.74, 6) is 5.85. The topological polar surface area (TPSA) is 85.8 Å². The van der Waals surface area contributed by atoms with Crippen LogP contribution in [-0.4, -0.2) is 26.0 Å². The van der Waals surface area contributed by atoms with Gasteiger partial charge in [0.25, 0.3) is 0 Å². The highest BCUT2D eigenvalue weighted by atomic mass is 32.2. The summed E-state index contributed by atoms with van der Waals surface area (Å²) in [5.41, 5.74) is 0.525. The van der Waals surface area contributed by atoms with Crippen molar-refractivity contribution in [2.24, 2.45) is 0 Å². The molecule has 0 spiro atoms. The minimum Gasteiger partial charge on any atom is -0.350 e. The molecular formula is C16H16FN5OS2. The first kappa shape index (κ1) is 17.4. The predicted octanol–water partition coefficient (Wildman–Crippen LogP) is 2.66. The fourth-order valence-electron chi connectivity index (χ4n) is 2.12. The number of hydrogen-bond acceptors (Lipinski definition) is 6. The van der Waals surface area contributed by atoms with Gasteiger partial charge < -0.3 is 11.2 Å². The number of amides is 1. The van der Waals surface area contributed by atoms with Crippen LogP contribution in [0.2, 0.25) is 0 Å². The third-order valence-electron chi connectivity index (χ3n) is 3.42. The Bertz CT molecular complexity index is 865. The van der Waals surface area contributed by atoms with E-state index in [1.165, 1.54) is 28.6 Å². The van der Waals surface area contributed by atoms with Gasteiger partial charge in [0.05, 0.1) is 11.8 Å². The second kappa shape index (κ2) is 7.66. The Morgan fingerprint density at radius 3 is 2.96 bits per heavy atom.